The number of ether oxygens (including phenoxy) is 2. The van der Waals surface area contributed by atoms with Gasteiger partial charge in [0.1, 0.15) is 19.0 Å². The molecule has 170 valence electrons. The summed E-state index contributed by atoms with van der Waals surface area (Å²) in [5, 5.41) is 0. The van der Waals surface area contributed by atoms with E-state index < -0.39 is 0 Å². The largest absolute Gasteiger partial charge is 0.485 e. The van der Waals surface area contributed by atoms with Crippen LogP contribution in [-0.2, 0) is 18.0 Å². The summed E-state index contributed by atoms with van der Waals surface area (Å²) in [5.74, 6) is 3.09. The summed E-state index contributed by atoms with van der Waals surface area (Å²) in [7, 11) is 0. The Hall–Kier alpha value is -3.07. The van der Waals surface area contributed by atoms with Gasteiger partial charge in [0.25, 0.3) is 0 Å². The molecule has 3 nitrogen and oxygen atoms in total. The molecule has 3 atom stereocenters. The Balaban J connectivity index is 1.37. The van der Waals surface area contributed by atoms with E-state index >= 15 is 0 Å². The van der Waals surface area contributed by atoms with E-state index in [0.29, 0.717) is 36.6 Å². The van der Waals surface area contributed by atoms with E-state index in [1.165, 1.54) is 25.7 Å². The smallest absolute Gasteiger partial charge is 0.161 e. The zero-order valence-electron chi connectivity index (χ0n) is 19.1. The zero-order chi connectivity index (χ0) is 22.5. The normalized spacial score (nSPS) is 22.4. The molecule has 5 rings (SSSR count). The van der Waals surface area contributed by atoms with Crippen molar-refractivity contribution < 1.29 is 14.3 Å². The van der Waals surface area contributed by atoms with Gasteiger partial charge in [-0.25, -0.2) is 0 Å². The first-order valence-corrected chi connectivity index (χ1v) is 12.3. The minimum absolute atomic E-state index is 0.0217. The van der Waals surface area contributed by atoms with E-state index in [2.05, 4.69) is 36.4 Å². The lowest BCUT2D eigenvalue weighted by Gasteiger charge is -2.38. The molecule has 0 aromatic heterocycles. The van der Waals surface area contributed by atoms with Crippen molar-refractivity contribution in [1.82, 2.24) is 0 Å². The third-order valence-corrected chi connectivity index (χ3v) is 7.30. The maximum atomic E-state index is 13.1. The fourth-order valence-corrected chi connectivity index (χ4v) is 5.46. The first-order chi connectivity index (χ1) is 16.3. The number of rotatable bonds is 7. The first-order valence-electron chi connectivity index (χ1n) is 12.3. The molecular weight excluding hydrogens is 408 g/mol. The molecule has 3 aromatic carbocycles. The Morgan fingerprint density at radius 1 is 0.697 bits per heavy atom. The van der Waals surface area contributed by atoms with Crippen molar-refractivity contribution in [3.8, 4) is 11.5 Å². The van der Waals surface area contributed by atoms with Crippen LogP contribution < -0.4 is 9.47 Å². The second-order valence-electron chi connectivity index (χ2n) is 9.52. The highest BCUT2D eigenvalue weighted by atomic mass is 16.5. The molecular formula is C30H32O3. The van der Waals surface area contributed by atoms with E-state index in [4.69, 9.17) is 9.47 Å². The third-order valence-electron chi connectivity index (χ3n) is 7.30. The van der Waals surface area contributed by atoms with Crippen molar-refractivity contribution in [2.24, 2.45) is 11.8 Å². The van der Waals surface area contributed by atoms with Crippen LogP contribution in [-0.4, -0.2) is 5.78 Å². The number of hydrogen-bond acceptors (Lipinski definition) is 3. The average molecular weight is 441 g/mol. The molecule has 3 aromatic rings. The van der Waals surface area contributed by atoms with Crippen molar-refractivity contribution in [1.29, 1.82) is 0 Å². The average Bonchev–Trinajstić information content (AvgIpc) is 2.87. The summed E-state index contributed by atoms with van der Waals surface area (Å²) in [6.07, 6.45) is 6.79. The topological polar surface area (TPSA) is 35.5 Å². The van der Waals surface area contributed by atoms with Crippen LogP contribution in [0.2, 0.25) is 0 Å². The van der Waals surface area contributed by atoms with Gasteiger partial charge in [0.05, 0.1) is 0 Å². The van der Waals surface area contributed by atoms with E-state index in [9.17, 15) is 4.79 Å². The first kappa shape index (κ1) is 21.8. The Morgan fingerprint density at radius 2 is 1.30 bits per heavy atom. The lowest BCUT2D eigenvalue weighted by Crippen LogP contribution is -2.32. The van der Waals surface area contributed by atoms with E-state index in [-0.39, 0.29) is 5.92 Å². The van der Waals surface area contributed by atoms with Gasteiger partial charge in [-0.1, -0.05) is 86.0 Å². The molecule has 0 spiro atoms. The summed E-state index contributed by atoms with van der Waals surface area (Å²) >= 11 is 0. The molecule has 33 heavy (non-hydrogen) atoms. The van der Waals surface area contributed by atoms with Gasteiger partial charge in [-0.2, -0.15) is 0 Å². The molecule has 0 bridgehead atoms. The second-order valence-corrected chi connectivity index (χ2v) is 9.52. The number of hydrogen-bond donors (Lipinski definition) is 0. The van der Waals surface area contributed by atoms with Gasteiger partial charge in [0.2, 0.25) is 0 Å². The van der Waals surface area contributed by atoms with Crippen LogP contribution in [0.15, 0.2) is 78.9 Å². The van der Waals surface area contributed by atoms with Crippen LogP contribution >= 0.6 is 0 Å². The number of fused-ring (bicyclic) bond motifs is 1. The summed E-state index contributed by atoms with van der Waals surface area (Å²) < 4.78 is 12.4. The zero-order valence-corrected chi connectivity index (χ0v) is 19.1. The summed E-state index contributed by atoms with van der Waals surface area (Å²) in [6, 6.07) is 26.4. The molecule has 0 aliphatic heterocycles. The van der Waals surface area contributed by atoms with Gasteiger partial charge in [0.15, 0.2) is 11.5 Å². The Labute approximate surface area is 196 Å². The van der Waals surface area contributed by atoms with E-state index in [1.54, 1.807) is 0 Å². The van der Waals surface area contributed by atoms with Gasteiger partial charge in [0, 0.05) is 12.3 Å². The molecule has 0 unspecified atom stereocenters. The number of carbonyl (C=O) groups is 1. The lowest BCUT2D eigenvalue weighted by molar-refractivity contribution is -0.125. The molecule has 2 aliphatic rings. The van der Waals surface area contributed by atoms with Gasteiger partial charge in [-0.15, -0.1) is 0 Å². The summed E-state index contributed by atoms with van der Waals surface area (Å²) in [6.45, 7) is 0.948. The van der Waals surface area contributed by atoms with Crippen molar-refractivity contribution in [2.45, 2.75) is 57.7 Å². The molecule has 0 radical (unpaired) electrons. The van der Waals surface area contributed by atoms with Crippen molar-refractivity contribution >= 4 is 5.78 Å². The standard InChI is InChI=1S/C30H32O3/c31-28-18-25-14-8-7-13-24(25)17-27(28)26-15-16-29(32-20-22-9-3-1-4-10-22)30(19-26)33-21-23-11-5-2-6-12-23/h1-6,9-12,15-16,19,24-25,27H,7-8,13-14,17-18,20-21H2/t24-,25-,27-/m1/s1. The minimum atomic E-state index is -0.0217. The van der Waals surface area contributed by atoms with Gasteiger partial charge < -0.3 is 9.47 Å². The van der Waals surface area contributed by atoms with Crippen LogP contribution in [0.25, 0.3) is 0 Å². The predicted octanol–water partition coefficient (Wildman–Crippen LogP) is 7.10. The highest BCUT2D eigenvalue weighted by Gasteiger charge is 2.37. The predicted molar refractivity (Wildman–Crippen MR) is 130 cm³/mol. The summed E-state index contributed by atoms with van der Waals surface area (Å²) in [4.78, 5) is 13.1. The SMILES string of the molecule is O=C1C[C@H]2CCCC[C@@H]2C[C@@H]1c1ccc(OCc2ccccc2)c(OCc2ccccc2)c1. The molecule has 0 N–H and O–H groups in total. The van der Waals surface area contributed by atoms with Gasteiger partial charge in [-0.05, 0) is 53.5 Å². The molecule has 0 amide bonds. The molecule has 2 fully saturated rings. The molecule has 2 saturated carbocycles. The second kappa shape index (κ2) is 10.2. The Morgan fingerprint density at radius 3 is 1.97 bits per heavy atom. The monoisotopic (exact) mass is 440 g/mol. The quantitative estimate of drug-likeness (QED) is 0.393. The Bertz CT molecular complexity index is 1060. The van der Waals surface area contributed by atoms with Crippen molar-refractivity contribution in [2.75, 3.05) is 0 Å². The third kappa shape index (κ3) is 5.30. The fraction of sp³-hybridized carbons (Fsp3) is 0.367. The maximum Gasteiger partial charge on any atom is 0.161 e. The molecule has 0 saturated heterocycles. The van der Waals surface area contributed by atoms with Crippen LogP contribution in [0.1, 0.15) is 61.1 Å². The number of ketones is 1. The molecule has 2 aliphatic carbocycles. The van der Waals surface area contributed by atoms with Crippen LogP contribution in [0.3, 0.4) is 0 Å². The maximum absolute atomic E-state index is 13.1. The Kier molecular flexibility index (Phi) is 6.76. The summed E-state index contributed by atoms with van der Waals surface area (Å²) in [5.41, 5.74) is 3.29. The fourth-order valence-electron chi connectivity index (χ4n) is 5.46. The molecule has 3 heteroatoms. The number of benzene rings is 3. The van der Waals surface area contributed by atoms with Crippen LogP contribution in [0.5, 0.6) is 11.5 Å². The van der Waals surface area contributed by atoms with Gasteiger partial charge >= 0.3 is 0 Å². The highest BCUT2D eigenvalue weighted by Crippen LogP contribution is 2.45. The van der Waals surface area contributed by atoms with E-state index in [0.717, 1.165) is 35.3 Å². The van der Waals surface area contributed by atoms with Crippen molar-refractivity contribution in [3.63, 3.8) is 0 Å². The van der Waals surface area contributed by atoms with Crippen LogP contribution in [0, 0.1) is 11.8 Å². The number of carbonyl (C=O) groups excluding carboxylic acids is 1. The minimum Gasteiger partial charge on any atom is -0.485 e. The van der Waals surface area contributed by atoms with Gasteiger partial charge in [-0.3, -0.25) is 4.79 Å². The highest BCUT2D eigenvalue weighted by molar-refractivity contribution is 5.87. The molecule has 0 heterocycles. The number of Topliss-reactive ketones (excluding diaryl/α,β-unsaturated/α-hetero) is 1. The lowest BCUT2D eigenvalue weighted by atomic mass is 9.65. The van der Waals surface area contributed by atoms with E-state index in [1.807, 2.05) is 42.5 Å². The van der Waals surface area contributed by atoms with Crippen molar-refractivity contribution in [3.05, 3.63) is 95.6 Å². The van der Waals surface area contributed by atoms with Crippen LogP contribution in [0.4, 0.5) is 0 Å².